The number of esters is 1. The van der Waals surface area contributed by atoms with Gasteiger partial charge in [0.25, 0.3) is 5.91 Å². The van der Waals surface area contributed by atoms with Crippen molar-refractivity contribution in [3.63, 3.8) is 0 Å². The Balaban J connectivity index is 1.79. The van der Waals surface area contributed by atoms with E-state index in [1.54, 1.807) is 31.3 Å². The van der Waals surface area contributed by atoms with E-state index in [4.69, 9.17) is 25.8 Å². The van der Waals surface area contributed by atoms with Gasteiger partial charge in [-0.25, -0.2) is 9.78 Å². The number of nitrogens with zero attached hydrogens (tertiary/aromatic N) is 2. The molecule has 0 spiro atoms. The number of carbonyl (C=O) groups is 2. The molecule has 0 aliphatic carbocycles. The highest BCUT2D eigenvalue weighted by molar-refractivity contribution is 6.32. The number of hydrogen-bond acceptors (Lipinski definition) is 6. The van der Waals surface area contributed by atoms with Crippen LogP contribution in [0.2, 0.25) is 5.02 Å². The third-order valence-electron chi connectivity index (χ3n) is 4.48. The summed E-state index contributed by atoms with van der Waals surface area (Å²) in [7, 11) is 2.87. The molecular formula is C20H21ClN2O5. The maximum absolute atomic E-state index is 12.9. The van der Waals surface area contributed by atoms with Gasteiger partial charge in [-0.2, -0.15) is 0 Å². The Bertz CT molecular complexity index is 867. The fourth-order valence-electron chi connectivity index (χ4n) is 2.93. The lowest BCUT2D eigenvalue weighted by atomic mass is 10.1. The molecule has 0 unspecified atom stereocenters. The standard InChI is InChI=1S/C20H21ClN2O5/c1-23(17-6-4-3-5-15(17)20(25)26-2)19(24)13-11-16(21)18(22-12-13)28-14-7-9-27-10-8-14/h3-6,11-12,14H,7-10H2,1-2H3. The molecular weight excluding hydrogens is 384 g/mol. The van der Waals surface area contributed by atoms with E-state index >= 15 is 0 Å². The van der Waals surface area contributed by atoms with Crippen molar-refractivity contribution in [2.24, 2.45) is 0 Å². The fraction of sp³-hybridized carbons (Fsp3) is 0.350. The number of amides is 1. The van der Waals surface area contributed by atoms with Gasteiger partial charge in [0.15, 0.2) is 0 Å². The molecule has 3 rings (SSSR count). The lowest BCUT2D eigenvalue weighted by molar-refractivity contribution is 0.0238. The van der Waals surface area contributed by atoms with E-state index in [2.05, 4.69) is 4.98 Å². The number of para-hydroxylation sites is 1. The minimum absolute atomic E-state index is 0.00471. The first-order valence-electron chi connectivity index (χ1n) is 8.86. The third kappa shape index (κ3) is 4.43. The zero-order valence-corrected chi connectivity index (χ0v) is 16.4. The summed E-state index contributed by atoms with van der Waals surface area (Å²) in [4.78, 5) is 30.4. The topological polar surface area (TPSA) is 78.0 Å². The van der Waals surface area contributed by atoms with E-state index in [-0.39, 0.29) is 22.6 Å². The van der Waals surface area contributed by atoms with Crippen LogP contribution in [0, 0.1) is 0 Å². The molecule has 7 nitrogen and oxygen atoms in total. The summed E-state index contributed by atoms with van der Waals surface area (Å²) in [6.07, 6.45) is 2.95. The van der Waals surface area contributed by atoms with Gasteiger partial charge >= 0.3 is 5.97 Å². The molecule has 1 aliphatic rings. The van der Waals surface area contributed by atoms with E-state index in [1.165, 1.54) is 24.3 Å². The molecule has 1 fully saturated rings. The number of halogens is 1. The SMILES string of the molecule is COC(=O)c1ccccc1N(C)C(=O)c1cnc(OC2CCOCC2)c(Cl)c1. The molecule has 28 heavy (non-hydrogen) atoms. The van der Waals surface area contributed by atoms with Crippen LogP contribution >= 0.6 is 11.6 Å². The molecule has 1 saturated heterocycles. The van der Waals surface area contributed by atoms with Crippen molar-refractivity contribution in [1.82, 2.24) is 4.98 Å². The van der Waals surface area contributed by atoms with E-state index < -0.39 is 5.97 Å². The summed E-state index contributed by atoms with van der Waals surface area (Å²) >= 11 is 6.28. The van der Waals surface area contributed by atoms with Crippen molar-refractivity contribution in [3.8, 4) is 5.88 Å². The number of pyridine rings is 1. The first-order valence-corrected chi connectivity index (χ1v) is 9.24. The van der Waals surface area contributed by atoms with Crippen molar-refractivity contribution in [1.29, 1.82) is 0 Å². The second kappa shape index (κ2) is 9.03. The molecule has 148 valence electrons. The predicted molar refractivity (Wildman–Crippen MR) is 104 cm³/mol. The third-order valence-corrected chi connectivity index (χ3v) is 4.75. The van der Waals surface area contributed by atoms with Crippen LogP contribution in [0.1, 0.15) is 33.6 Å². The van der Waals surface area contributed by atoms with Gasteiger partial charge in [0.1, 0.15) is 11.1 Å². The highest BCUT2D eigenvalue weighted by atomic mass is 35.5. The van der Waals surface area contributed by atoms with Gasteiger partial charge in [-0.1, -0.05) is 23.7 Å². The lowest BCUT2D eigenvalue weighted by Gasteiger charge is -2.23. The average Bonchev–Trinajstić information content (AvgIpc) is 2.74. The molecule has 1 aromatic heterocycles. The number of aromatic nitrogens is 1. The number of anilines is 1. The van der Waals surface area contributed by atoms with Gasteiger partial charge in [-0.3, -0.25) is 4.79 Å². The molecule has 2 heterocycles. The quantitative estimate of drug-likeness (QED) is 0.711. The zero-order chi connectivity index (χ0) is 20.1. The van der Waals surface area contributed by atoms with Crippen molar-refractivity contribution in [2.75, 3.05) is 32.3 Å². The Hall–Kier alpha value is -2.64. The van der Waals surface area contributed by atoms with Gasteiger partial charge in [0.2, 0.25) is 5.88 Å². The predicted octanol–water partition coefficient (Wildman–Crippen LogP) is 3.36. The van der Waals surface area contributed by atoms with Crippen LogP contribution in [-0.2, 0) is 9.47 Å². The Kier molecular flexibility index (Phi) is 6.49. The van der Waals surface area contributed by atoms with Gasteiger partial charge in [0, 0.05) is 26.1 Å². The summed E-state index contributed by atoms with van der Waals surface area (Å²) in [6, 6.07) is 8.22. The molecule has 8 heteroatoms. The van der Waals surface area contributed by atoms with Gasteiger partial charge < -0.3 is 19.1 Å². The van der Waals surface area contributed by atoms with Crippen LogP contribution in [-0.4, -0.2) is 50.3 Å². The fourth-order valence-corrected chi connectivity index (χ4v) is 3.14. The molecule has 1 amide bonds. The Morgan fingerprint density at radius 3 is 2.64 bits per heavy atom. The van der Waals surface area contributed by atoms with E-state index in [9.17, 15) is 9.59 Å². The Morgan fingerprint density at radius 2 is 1.96 bits per heavy atom. The summed E-state index contributed by atoms with van der Waals surface area (Å²) in [5.74, 6) is -0.585. The lowest BCUT2D eigenvalue weighted by Crippen LogP contribution is -2.28. The minimum atomic E-state index is -0.522. The van der Waals surface area contributed by atoms with Crippen LogP contribution < -0.4 is 9.64 Å². The van der Waals surface area contributed by atoms with Crippen molar-refractivity contribution in [2.45, 2.75) is 18.9 Å². The molecule has 1 aromatic carbocycles. The molecule has 0 N–H and O–H groups in total. The maximum Gasteiger partial charge on any atom is 0.339 e. The van der Waals surface area contributed by atoms with Gasteiger partial charge in [0.05, 0.1) is 37.1 Å². The maximum atomic E-state index is 12.9. The second-order valence-corrected chi connectivity index (χ2v) is 6.72. The Labute approximate surface area is 168 Å². The van der Waals surface area contributed by atoms with E-state index in [1.807, 2.05) is 0 Å². The Morgan fingerprint density at radius 1 is 1.25 bits per heavy atom. The number of rotatable bonds is 5. The molecule has 1 aliphatic heterocycles. The van der Waals surface area contributed by atoms with E-state index in [0.29, 0.717) is 30.3 Å². The van der Waals surface area contributed by atoms with Crippen LogP contribution in [0.4, 0.5) is 5.69 Å². The number of carbonyl (C=O) groups excluding carboxylic acids is 2. The van der Waals surface area contributed by atoms with Gasteiger partial charge in [-0.15, -0.1) is 0 Å². The summed E-state index contributed by atoms with van der Waals surface area (Å²) in [5, 5.41) is 0.256. The van der Waals surface area contributed by atoms with Crippen molar-refractivity contribution in [3.05, 3.63) is 52.7 Å². The van der Waals surface area contributed by atoms with Gasteiger partial charge in [-0.05, 0) is 18.2 Å². The highest BCUT2D eigenvalue weighted by Crippen LogP contribution is 2.27. The number of methoxy groups -OCH3 is 1. The number of hydrogen-bond donors (Lipinski definition) is 0. The second-order valence-electron chi connectivity index (χ2n) is 6.31. The summed E-state index contributed by atoms with van der Waals surface area (Å²) in [5.41, 5.74) is 1.00. The largest absolute Gasteiger partial charge is 0.473 e. The minimum Gasteiger partial charge on any atom is -0.473 e. The summed E-state index contributed by atoms with van der Waals surface area (Å²) in [6.45, 7) is 1.28. The molecule has 2 aromatic rings. The highest BCUT2D eigenvalue weighted by Gasteiger charge is 2.22. The molecule has 0 radical (unpaired) electrons. The molecule has 0 saturated carbocycles. The first-order chi connectivity index (χ1) is 13.5. The van der Waals surface area contributed by atoms with Crippen molar-refractivity contribution < 1.29 is 23.8 Å². The van der Waals surface area contributed by atoms with E-state index in [0.717, 1.165) is 12.8 Å². The normalized spacial score (nSPS) is 14.4. The monoisotopic (exact) mass is 404 g/mol. The van der Waals surface area contributed by atoms with Crippen molar-refractivity contribution >= 4 is 29.2 Å². The smallest absolute Gasteiger partial charge is 0.339 e. The first kappa shape index (κ1) is 20.1. The molecule has 0 bridgehead atoms. The zero-order valence-electron chi connectivity index (χ0n) is 15.7. The summed E-state index contributed by atoms with van der Waals surface area (Å²) < 4.78 is 15.9. The number of benzene rings is 1. The molecule has 0 atom stereocenters. The van der Waals surface area contributed by atoms with Crippen LogP contribution in [0.15, 0.2) is 36.5 Å². The average molecular weight is 405 g/mol. The van der Waals surface area contributed by atoms with Crippen LogP contribution in [0.5, 0.6) is 5.88 Å². The van der Waals surface area contributed by atoms with Crippen LogP contribution in [0.3, 0.4) is 0 Å². The van der Waals surface area contributed by atoms with Crippen LogP contribution in [0.25, 0.3) is 0 Å². The number of ether oxygens (including phenoxy) is 3.